The van der Waals surface area contributed by atoms with Crippen molar-refractivity contribution < 1.29 is 10.2 Å². The van der Waals surface area contributed by atoms with Crippen LogP contribution in [0.25, 0.3) is 0 Å². The van der Waals surface area contributed by atoms with Gasteiger partial charge in [-0.2, -0.15) is 0 Å². The van der Waals surface area contributed by atoms with E-state index in [2.05, 4.69) is 0 Å². The molecule has 0 saturated heterocycles. The topological polar surface area (TPSA) is 40.5 Å². The first kappa shape index (κ1) is 10.7. The Morgan fingerprint density at radius 1 is 1.45 bits per heavy atom. The molecule has 0 rings (SSSR count). The van der Waals surface area contributed by atoms with E-state index in [4.69, 9.17) is 5.11 Å². The molecule has 0 radical (unpaired) electrons. The Hall–Kier alpha value is -0.340. The molecule has 2 N–H and O–H groups in total. The highest BCUT2D eigenvalue weighted by molar-refractivity contribution is 4.95. The molecule has 0 saturated carbocycles. The van der Waals surface area contributed by atoms with E-state index in [0.717, 1.165) is 6.42 Å². The van der Waals surface area contributed by atoms with Gasteiger partial charge < -0.3 is 10.2 Å². The lowest BCUT2D eigenvalue weighted by atomic mass is 9.84. The van der Waals surface area contributed by atoms with Gasteiger partial charge in [-0.25, -0.2) is 0 Å². The van der Waals surface area contributed by atoms with E-state index in [1.165, 1.54) is 0 Å². The molecule has 0 aliphatic carbocycles. The minimum atomic E-state index is -0.459. The van der Waals surface area contributed by atoms with Gasteiger partial charge in [0.05, 0.1) is 12.7 Å². The fourth-order valence-corrected chi connectivity index (χ4v) is 0.659. The first-order valence-electron chi connectivity index (χ1n) is 4.00. The van der Waals surface area contributed by atoms with Crippen molar-refractivity contribution >= 4 is 0 Å². The molecule has 1 unspecified atom stereocenters. The highest BCUT2D eigenvalue weighted by Gasteiger charge is 2.22. The van der Waals surface area contributed by atoms with Crippen LogP contribution in [0.15, 0.2) is 12.2 Å². The zero-order chi connectivity index (χ0) is 8.91. The van der Waals surface area contributed by atoms with Crippen LogP contribution < -0.4 is 0 Å². The first-order valence-corrected chi connectivity index (χ1v) is 4.00. The van der Waals surface area contributed by atoms with Gasteiger partial charge in [-0.05, 0) is 11.8 Å². The van der Waals surface area contributed by atoms with Gasteiger partial charge in [-0.3, -0.25) is 0 Å². The quantitative estimate of drug-likeness (QED) is 0.606. The molecule has 0 aromatic heterocycles. The predicted octanol–water partition coefficient (Wildman–Crippen LogP) is 1.33. The summed E-state index contributed by atoms with van der Waals surface area (Å²) >= 11 is 0. The van der Waals surface area contributed by atoms with E-state index in [0.29, 0.717) is 0 Å². The number of rotatable bonds is 4. The van der Waals surface area contributed by atoms with Gasteiger partial charge in [0.25, 0.3) is 0 Å². The van der Waals surface area contributed by atoms with E-state index in [1.54, 1.807) is 12.2 Å². The van der Waals surface area contributed by atoms with E-state index in [9.17, 15) is 5.11 Å². The lowest BCUT2D eigenvalue weighted by Gasteiger charge is -2.26. The lowest BCUT2D eigenvalue weighted by Crippen LogP contribution is -2.26. The summed E-state index contributed by atoms with van der Waals surface area (Å²) in [6, 6.07) is 0. The van der Waals surface area contributed by atoms with Gasteiger partial charge in [0, 0.05) is 0 Å². The molecule has 0 heterocycles. The van der Waals surface area contributed by atoms with Crippen LogP contribution in [0, 0.1) is 5.41 Å². The maximum Gasteiger partial charge on any atom is 0.0772 e. The zero-order valence-electron chi connectivity index (χ0n) is 7.54. The van der Waals surface area contributed by atoms with Crippen LogP contribution in [-0.4, -0.2) is 22.9 Å². The number of aliphatic hydroxyl groups excluding tert-OH is 2. The Labute approximate surface area is 68.6 Å². The molecule has 0 aromatic carbocycles. The molecule has 2 heteroatoms. The van der Waals surface area contributed by atoms with Crippen molar-refractivity contribution in [2.75, 3.05) is 6.61 Å². The average molecular weight is 158 g/mol. The zero-order valence-corrected chi connectivity index (χ0v) is 7.54. The van der Waals surface area contributed by atoms with E-state index < -0.39 is 6.10 Å². The number of hydrogen-bond acceptors (Lipinski definition) is 2. The van der Waals surface area contributed by atoms with E-state index in [-0.39, 0.29) is 12.0 Å². The summed E-state index contributed by atoms with van der Waals surface area (Å²) in [6.07, 6.45) is 3.68. The summed E-state index contributed by atoms with van der Waals surface area (Å²) in [7, 11) is 0. The average Bonchev–Trinajstić information content (AvgIpc) is 2.00. The predicted molar refractivity (Wildman–Crippen MR) is 46.3 cm³/mol. The van der Waals surface area contributed by atoms with Gasteiger partial charge in [0.15, 0.2) is 0 Å². The van der Waals surface area contributed by atoms with E-state index in [1.807, 2.05) is 20.8 Å². The molecule has 0 fully saturated rings. The van der Waals surface area contributed by atoms with Crippen LogP contribution in [-0.2, 0) is 0 Å². The summed E-state index contributed by atoms with van der Waals surface area (Å²) in [5.41, 5.74) is -0.0916. The van der Waals surface area contributed by atoms with Gasteiger partial charge in [-0.15, -0.1) is 0 Å². The van der Waals surface area contributed by atoms with Gasteiger partial charge in [0.2, 0.25) is 0 Å². The Morgan fingerprint density at radius 3 is 2.36 bits per heavy atom. The largest absolute Gasteiger partial charge is 0.392 e. The van der Waals surface area contributed by atoms with Crippen molar-refractivity contribution in [3.8, 4) is 0 Å². The fraction of sp³-hybridized carbons (Fsp3) is 0.778. The second-order valence-electron chi connectivity index (χ2n) is 3.40. The molecular weight excluding hydrogens is 140 g/mol. The van der Waals surface area contributed by atoms with E-state index >= 15 is 0 Å². The monoisotopic (exact) mass is 158 g/mol. The number of aliphatic hydroxyl groups is 2. The van der Waals surface area contributed by atoms with Gasteiger partial charge in [0.1, 0.15) is 0 Å². The normalized spacial score (nSPS) is 15.7. The maximum atomic E-state index is 9.51. The standard InChI is InChI=1S/C9H18O2/c1-4-9(2,3)8(11)6-5-7-10/h5-6,8,10-11H,4,7H2,1-3H3. The fourth-order valence-electron chi connectivity index (χ4n) is 0.659. The van der Waals surface area contributed by atoms with Crippen LogP contribution in [0.3, 0.4) is 0 Å². The third-order valence-electron chi connectivity index (χ3n) is 2.14. The summed E-state index contributed by atoms with van der Waals surface area (Å²) in [4.78, 5) is 0. The van der Waals surface area contributed by atoms with Crippen LogP contribution in [0.1, 0.15) is 27.2 Å². The minimum Gasteiger partial charge on any atom is -0.392 e. The third-order valence-corrected chi connectivity index (χ3v) is 2.14. The summed E-state index contributed by atoms with van der Waals surface area (Å²) in [6.45, 7) is 6.03. The molecule has 1 atom stereocenters. The Balaban J connectivity index is 4.00. The maximum absolute atomic E-state index is 9.51. The van der Waals surface area contributed by atoms with Crippen molar-refractivity contribution in [2.24, 2.45) is 5.41 Å². The molecule has 0 aliphatic rings. The summed E-state index contributed by atoms with van der Waals surface area (Å²) < 4.78 is 0. The minimum absolute atomic E-state index is 0.00312. The summed E-state index contributed by atoms with van der Waals surface area (Å²) in [5, 5.41) is 18.0. The van der Waals surface area contributed by atoms with Crippen molar-refractivity contribution in [3.63, 3.8) is 0 Å². The second kappa shape index (κ2) is 4.52. The summed E-state index contributed by atoms with van der Waals surface area (Å²) in [5.74, 6) is 0. The van der Waals surface area contributed by atoms with Gasteiger partial charge >= 0.3 is 0 Å². The van der Waals surface area contributed by atoms with Crippen molar-refractivity contribution in [2.45, 2.75) is 33.3 Å². The lowest BCUT2D eigenvalue weighted by molar-refractivity contribution is 0.0870. The highest BCUT2D eigenvalue weighted by Crippen LogP contribution is 2.25. The Morgan fingerprint density at radius 2 is 2.00 bits per heavy atom. The number of hydrogen-bond donors (Lipinski definition) is 2. The van der Waals surface area contributed by atoms with Crippen molar-refractivity contribution in [1.82, 2.24) is 0 Å². The molecule has 0 bridgehead atoms. The molecule has 2 nitrogen and oxygen atoms in total. The van der Waals surface area contributed by atoms with Crippen LogP contribution >= 0.6 is 0 Å². The van der Waals surface area contributed by atoms with Crippen molar-refractivity contribution in [1.29, 1.82) is 0 Å². The first-order chi connectivity index (χ1) is 5.04. The molecule has 0 amide bonds. The molecule has 0 spiro atoms. The SMILES string of the molecule is CCC(C)(C)C(O)C=CCO. The Kier molecular flexibility index (Phi) is 4.38. The van der Waals surface area contributed by atoms with Crippen LogP contribution in [0.2, 0.25) is 0 Å². The molecule has 11 heavy (non-hydrogen) atoms. The Bertz CT molecular complexity index is 128. The van der Waals surface area contributed by atoms with Crippen molar-refractivity contribution in [3.05, 3.63) is 12.2 Å². The molecule has 0 aromatic rings. The molecule has 0 aliphatic heterocycles. The highest BCUT2D eigenvalue weighted by atomic mass is 16.3. The third kappa shape index (κ3) is 3.54. The van der Waals surface area contributed by atoms with Gasteiger partial charge in [-0.1, -0.05) is 32.9 Å². The second-order valence-corrected chi connectivity index (χ2v) is 3.40. The molecular formula is C9H18O2. The van der Waals surface area contributed by atoms with Crippen LogP contribution in [0.4, 0.5) is 0 Å². The smallest absolute Gasteiger partial charge is 0.0772 e. The van der Waals surface area contributed by atoms with Crippen LogP contribution in [0.5, 0.6) is 0 Å². The molecule has 66 valence electrons.